The van der Waals surface area contributed by atoms with Gasteiger partial charge in [0.15, 0.2) is 0 Å². The van der Waals surface area contributed by atoms with Gasteiger partial charge in [-0.05, 0) is 53.9 Å². The summed E-state index contributed by atoms with van der Waals surface area (Å²) in [5, 5.41) is 7.94. The number of alkyl carbamates (subject to hydrolysis) is 2. The second kappa shape index (κ2) is 11.0. The lowest BCUT2D eigenvalue weighted by Gasteiger charge is -2.21. The molecular weight excluding hydrogens is 352 g/mol. The Balaban J connectivity index is 3.99. The summed E-state index contributed by atoms with van der Waals surface area (Å²) in [4.78, 5) is 35.1. The Labute approximate surface area is 162 Å². The van der Waals surface area contributed by atoms with Gasteiger partial charge in [-0.3, -0.25) is 4.79 Å². The summed E-state index contributed by atoms with van der Waals surface area (Å²) in [7, 11) is 0. The van der Waals surface area contributed by atoms with Crippen molar-refractivity contribution in [2.45, 2.75) is 72.1 Å². The molecule has 0 spiro atoms. The number of hydrogen-bond donors (Lipinski definition) is 4. The molecule has 2 atom stereocenters. The van der Waals surface area contributed by atoms with Crippen LogP contribution in [-0.4, -0.2) is 55.0 Å². The first-order valence-corrected chi connectivity index (χ1v) is 9.16. The average Bonchev–Trinajstić information content (AvgIpc) is 2.46. The van der Waals surface area contributed by atoms with E-state index in [2.05, 4.69) is 16.0 Å². The normalized spacial score (nSPS) is 13.9. The zero-order chi connectivity index (χ0) is 21.3. The van der Waals surface area contributed by atoms with Crippen molar-refractivity contribution in [3.8, 4) is 0 Å². The van der Waals surface area contributed by atoms with Gasteiger partial charge in [0.05, 0.1) is 6.04 Å². The third kappa shape index (κ3) is 14.8. The summed E-state index contributed by atoms with van der Waals surface area (Å²) in [6.07, 6.45) is -0.752. The molecule has 0 fully saturated rings. The summed E-state index contributed by atoms with van der Waals surface area (Å²) in [5.41, 5.74) is 4.68. The molecule has 0 radical (unpaired) electrons. The van der Waals surface area contributed by atoms with E-state index in [0.717, 1.165) is 0 Å². The number of carbonyl (C=O) groups excluding carboxylic acids is 3. The van der Waals surface area contributed by atoms with Crippen molar-refractivity contribution < 1.29 is 23.9 Å². The second-order valence-corrected chi connectivity index (χ2v) is 8.56. The van der Waals surface area contributed by atoms with Gasteiger partial charge >= 0.3 is 12.2 Å². The predicted molar refractivity (Wildman–Crippen MR) is 103 cm³/mol. The summed E-state index contributed by atoms with van der Waals surface area (Å²) < 4.78 is 10.2. The highest BCUT2D eigenvalue weighted by Crippen LogP contribution is 2.07. The molecule has 0 heterocycles. The van der Waals surface area contributed by atoms with E-state index in [0.29, 0.717) is 13.1 Å². The topological polar surface area (TPSA) is 132 Å². The van der Waals surface area contributed by atoms with E-state index in [1.165, 1.54) is 0 Å². The molecule has 1 unspecified atom stereocenters. The van der Waals surface area contributed by atoms with Gasteiger partial charge in [0.2, 0.25) is 5.91 Å². The molecule has 9 nitrogen and oxygen atoms in total. The van der Waals surface area contributed by atoms with Crippen LogP contribution in [0.25, 0.3) is 0 Å². The molecule has 0 aromatic rings. The minimum atomic E-state index is -0.744. The lowest BCUT2D eigenvalue weighted by atomic mass is 10.1. The molecule has 0 aliphatic rings. The first kappa shape index (κ1) is 25.0. The van der Waals surface area contributed by atoms with Crippen molar-refractivity contribution in [3.63, 3.8) is 0 Å². The summed E-state index contributed by atoms with van der Waals surface area (Å²) in [6.45, 7) is 13.5. The van der Waals surface area contributed by atoms with Gasteiger partial charge in [-0.1, -0.05) is 6.92 Å². The van der Waals surface area contributed by atoms with E-state index in [9.17, 15) is 14.4 Å². The lowest BCUT2D eigenvalue weighted by molar-refractivity contribution is -0.122. The maximum atomic E-state index is 12.0. The zero-order valence-corrected chi connectivity index (χ0v) is 17.6. The molecule has 0 aliphatic carbocycles. The quantitative estimate of drug-likeness (QED) is 0.498. The molecule has 9 heteroatoms. The molecule has 0 aromatic carbocycles. The summed E-state index contributed by atoms with van der Waals surface area (Å²) >= 11 is 0. The number of rotatable bonds is 8. The molecule has 0 bridgehead atoms. The van der Waals surface area contributed by atoms with Gasteiger partial charge in [-0.2, -0.15) is 0 Å². The van der Waals surface area contributed by atoms with Crippen LogP contribution in [0.4, 0.5) is 9.59 Å². The Kier molecular flexibility index (Phi) is 10.1. The van der Waals surface area contributed by atoms with Gasteiger partial charge in [0, 0.05) is 19.6 Å². The van der Waals surface area contributed by atoms with Crippen LogP contribution in [0.2, 0.25) is 0 Å². The molecule has 0 aliphatic heterocycles. The molecule has 0 saturated heterocycles. The van der Waals surface area contributed by atoms with Gasteiger partial charge in [-0.15, -0.1) is 0 Å². The Morgan fingerprint density at radius 1 is 0.852 bits per heavy atom. The fourth-order valence-corrected chi connectivity index (χ4v) is 1.82. The van der Waals surface area contributed by atoms with Gasteiger partial charge < -0.3 is 31.2 Å². The maximum absolute atomic E-state index is 12.0. The zero-order valence-electron chi connectivity index (χ0n) is 17.6. The van der Waals surface area contributed by atoms with Gasteiger partial charge in [0.25, 0.3) is 0 Å². The lowest BCUT2D eigenvalue weighted by Crippen LogP contribution is -2.45. The van der Waals surface area contributed by atoms with Crippen LogP contribution in [0.5, 0.6) is 0 Å². The van der Waals surface area contributed by atoms with Crippen molar-refractivity contribution in [1.82, 2.24) is 16.0 Å². The Morgan fingerprint density at radius 2 is 1.30 bits per heavy atom. The van der Waals surface area contributed by atoms with Crippen LogP contribution in [0.15, 0.2) is 0 Å². The van der Waals surface area contributed by atoms with E-state index in [-0.39, 0.29) is 24.8 Å². The molecule has 3 amide bonds. The van der Waals surface area contributed by atoms with Crippen molar-refractivity contribution >= 4 is 18.1 Å². The van der Waals surface area contributed by atoms with E-state index in [4.69, 9.17) is 15.2 Å². The molecule has 158 valence electrons. The van der Waals surface area contributed by atoms with Crippen LogP contribution >= 0.6 is 0 Å². The van der Waals surface area contributed by atoms with E-state index < -0.39 is 29.4 Å². The third-order valence-corrected chi connectivity index (χ3v) is 3.08. The number of hydrogen-bond acceptors (Lipinski definition) is 6. The number of amides is 3. The van der Waals surface area contributed by atoms with Gasteiger partial charge in [-0.25, -0.2) is 9.59 Å². The van der Waals surface area contributed by atoms with E-state index >= 15 is 0 Å². The van der Waals surface area contributed by atoms with Crippen molar-refractivity contribution in [1.29, 1.82) is 0 Å². The van der Waals surface area contributed by atoms with Crippen LogP contribution in [0.1, 0.15) is 54.9 Å². The smallest absolute Gasteiger partial charge is 0.407 e. The molecule has 5 N–H and O–H groups in total. The molecule has 27 heavy (non-hydrogen) atoms. The molecule has 0 aromatic heterocycles. The SMILES string of the molecule is CC(CNC(=O)OC(C)(C)C)CNC(=O)[C@@H](N)CCNC(=O)OC(C)(C)C. The maximum Gasteiger partial charge on any atom is 0.407 e. The summed E-state index contributed by atoms with van der Waals surface area (Å²) in [6, 6.07) is -0.744. The first-order chi connectivity index (χ1) is 12.2. The van der Waals surface area contributed by atoms with Gasteiger partial charge in [0.1, 0.15) is 11.2 Å². The Morgan fingerprint density at radius 3 is 1.78 bits per heavy atom. The number of nitrogens with two attached hydrogens (primary N) is 1. The minimum absolute atomic E-state index is 0.00792. The van der Waals surface area contributed by atoms with Crippen molar-refractivity contribution in [2.24, 2.45) is 11.7 Å². The third-order valence-electron chi connectivity index (χ3n) is 3.08. The molecular formula is C18H36N4O5. The largest absolute Gasteiger partial charge is 0.444 e. The summed E-state index contributed by atoms with van der Waals surface area (Å²) in [5.74, 6) is -0.307. The molecule has 0 saturated carbocycles. The number of ether oxygens (including phenoxy) is 2. The van der Waals surface area contributed by atoms with E-state index in [1.54, 1.807) is 41.5 Å². The van der Waals surface area contributed by atoms with Crippen molar-refractivity contribution in [2.75, 3.05) is 19.6 Å². The highest BCUT2D eigenvalue weighted by molar-refractivity contribution is 5.81. The molecule has 0 rings (SSSR count). The van der Waals surface area contributed by atoms with Crippen LogP contribution in [0, 0.1) is 5.92 Å². The van der Waals surface area contributed by atoms with Crippen LogP contribution in [-0.2, 0) is 14.3 Å². The first-order valence-electron chi connectivity index (χ1n) is 9.16. The minimum Gasteiger partial charge on any atom is -0.444 e. The Hall–Kier alpha value is -2.03. The van der Waals surface area contributed by atoms with Crippen LogP contribution in [0.3, 0.4) is 0 Å². The highest BCUT2D eigenvalue weighted by Gasteiger charge is 2.19. The Bertz CT molecular complexity index is 497. The number of nitrogens with one attached hydrogen (secondary N) is 3. The highest BCUT2D eigenvalue weighted by atomic mass is 16.6. The standard InChI is InChI=1S/C18H36N4O5/c1-12(11-22-16(25)27-18(5,6)7)10-21-14(23)13(19)8-9-20-15(24)26-17(2,3)4/h12-13H,8-11,19H2,1-7H3,(H,20,24)(H,21,23)(H,22,25)/t12?,13-/m0/s1. The fraction of sp³-hybridized carbons (Fsp3) is 0.833. The number of carbonyl (C=O) groups is 3. The van der Waals surface area contributed by atoms with Crippen molar-refractivity contribution in [3.05, 3.63) is 0 Å². The second-order valence-electron chi connectivity index (χ2n) is 8.56. The monoisotopic (exact) mass is 388 g/mol. The average molecular weight is 389 g/mol. The van der Waals surface area contributed by atoms with E-state index in [1.807, 2.05) is 6.92 Å². The predicted octanol–water partition coefficient (Wildman–Crippen LogP) is 1.51. The fourth-order valence-electron chi connectivity index (χ4n) is 1.82. The van der Waals surface area contributed by atoms with Crippen LogP contribution < -0.4 is 21.7 Å².